The predicted molar refractivity (Wildman–Crippen MR) is 72.9 cm³/mol. The van der Waals surface area contributed by atoms with E-state index in [0.29, 0.717) is 29.0 Å². The summed E-state index contributed by atoms with van der Waals surface area (Å²) in [6, 6.07) is 10.4. The van der Waals surface area contributed by atoms with Gasteiger partial charge < -0.3 is 10.2 Å². The molecular formula is C14H10N4O2. The highest BCUT2D eigenvalue weighted by molar-refractivity contribution is 5.76. The van der Waals surface area contributed by atoms with E-state index in [4.69, 9.17) is 15.4 Å². The van der Waals surface area contributed by atoms with E-state index in [1.807, 2.05) is 6.07 Å². The Kier molecular flexibility index (Phi) is 2.73. The Morgan fingerprint density at radius 3 is 3.00 bits per heavy atom. The quantitative estimate of drug-likeness (QED) is 0.708. The van der Waals surface area contributed by atoms with Gasteiger partial charge in [-0.1, -0.05) is 0 Å². The Bertz CT molecular complexity index is 886. The molecule has 0 saturated heterocycles. The van der Waals surface area contributed by atoms with E-state index in [9.17, 15) is 4.79 Å². The lowest BCUT2D eigenvalue weighted by molar-refractivity contribution is 0.517. The van der Waals surface area contributed by atoms with Crippen molar-refractivity contribution in [3.63, 3.8) is 0 Å². The van der Waals surface area contributed by atoms with Gasteiger partial charge >= 0.3 is 5.76 Å². The smallest absolute Gasteiger partial charge is 0.408 e. The third-order valence-corrected chi connectivity index (χ3v) is 2.97. The van der Waals surface area contributed by atoms with Gasteiger partial charge in [-0.15, -0.1) is 0 Å². The van der Waals surface area contributed by atoms with Crippen LogP contribution >= 0.6 is 0 Å². The van der Waals surface area contributed by atoms with Crippen LogP contribution in [0.4, 0.5) is 5.69 Å². The molecule has 2 N–H and O–H groups in total. The number of nitrogens with zero attached hydrogens (tertiary/aromatic N) is 3. The van der Waals surface area contributed by atoms with Crippen molar-refractivity contribution < 1.29 is 4.42 Å². The van der Waals surface area contributed by atoms with E-state index in [1.165, 1.54) is 4.57 Å². The number of oxazole rings is 1. The molecule has 0 saturated carbocycles. The normalized spacial score (nSPS) is 10.6. The second-order valence-corrected chi connectivity index (χ2v) is 4.34. The van der Waals surface area contributed by atoms with E-state index in [0.717, 1.165) is 5.56 Å². The molecule has 3 rings (SSSR count). The van der Waals surface area contributed by atoms with E-state index < -0.39 is 5.76 Å². The molecule has 6 heteroatoms. The molecule has 0 atom stereocenters. The Morgan fingerprint density at radius 1 is 1.35 bits per heavy atom. The summed E-state index contributed by atoms with van der Waals surface area (Å²) < 4.78 is 6.65. The maximum Gasteiger partial charge on any atom is 0.420 e. The maximum atomic E-state index is 11.9. The second-order valence-electron chi connectivity index (χ2n) is 4.34. The van der Waals surface area contributed by atoms with Gasteiger partial charge in [-0.05, 0) is 29.8 Å². The van der Waals surface area contributed by atoms with Crippen molar-refractivity contribution in [3.8, 4) is 6.07 Å². The standard InChI is InChI=1S/C14H10N4O2/c15-7-11-5-9(3-4-17-11)8-18-12-2-1-10(16)6-13(12)20-14(18)19/h1-6H,8,16H2. The van der Waals surface area contributed by atoms with E-state index >= 15 is 0 Å². The molecule has 0 spiro atoms. The van der Waals surface area contributed by atoms with Gasteiger partial charge in [-0.25, -0.2) is 9.78 Å². The van der Waals surface area contributed by atoms with Gasteiger partial charge in [0.2, 0.25) is 0 Å². The van der Waals surface area contributed by atoms with Gasteiger partial charge in [0, 0.05) is 18.0 Å². The lowest BCUT2D eigenvalue weighted by atomic mass is 10.2. The second kappa shape index (κ2) is 4.55. The highest BCUT2D eigenvalue weighted by Gasteiger charge is 2.10. The number of nitrogen functional groups attached to an aromatic ring is 1. The zero-order chi connectivity index (χ0) is 14.1. The van der Waals surface area contributed by atoms with Crippen LogP contribution in [0.25, 0.3) is 11.1 Å². The zero-order valence-electron chi connectivity index (χ0n) is 10.4. The predicted octanol–water partition coefficient (Wildman–Crippen LogP) is 1.49. The Labute approximate surface area is 113 Å². The summed E-state index contributed by atoms with van der Waals surface area (Å²) in [6.45, 7) is 0.312. The number of fused-ring (bicyclic) bond motifs is 1. The largest absolute Gasteiger partial charge is 0.420 e. The molecule has 0 bridgehead atoms. The molecule has 20 heavy (non-hydrogen) atoms. The average Bonchev–Trinajstić information content (AvgIpc) is 2.74. The summed E-state index contributed by atoms with van der Waals surface area (Å²) in [5, 5.41) is 8.83. The third-order valence-electron chi connectivity index (χ3n) is 2.97. The van der Waals surface area contributed by atoms with Crippen molar-refractivity contribution in [2.45, 2.75) is 6.54 Å². The minimum absolute atomic E-state index is 0.312. The molecule has 2 aromatic heterocycles. The molecule has 0 fully saturated rings. The van der Waals surface area contributed by atoms with Crippen LogP contribution in [0.3, 0.4) is 0 Å². The number of hydrogen-bond acceptors (Lipinski definition) is 5. The molecule has 0 aliphatic carbocycles. The van der Waals surface area contributed by atoms with Crippen molar-refractivity contribution in [2.24, 2.45) is 0 Å². The monoisotopic (exact) mass is 266 g/mol. The first-order valence-electron chi connectivity index (χ1n) is 5.91. The highest BCUT2D eigenvalue weighted by atomic mass is 16.4. The number of nitriles is 1. The molecule has 0 amide bonds. The molecule has 1 aromatic carbocycles. The van der Waals surface area contributed by atoms with Crippen LogP contribution in [-0.4, -0.2) is 9.55 Å². The van der Waals surface area contributed by atoms with Crippen molar-refractivity contribution in [2.75, 3.05) is 5.73 Å². The topological polar surface area (TPSA) is 97.8 Å². The van der Waals surface area contributed by atoms with Crippen LogP contribution in [0.5, 0.6) is 0 Å². The van der Waals surface area contributed by atoms with Crippen LogP contribution in [0.1, 0.15) is 11.3 Å². The first-order chi connectivity index (χ1) is 9.67. The number of rotatable bonds is 2. The van der Waals surface area contributed by atoms with Crippen LogP contribution in [0, 0.1) is 11.3 Å². The summed E-state index contributed by atoms with van der Waals surface area (Å²) in [7, 11) is 0. The Balaban J connectivity index is 2.09. The molecule has 3 aromatic rings. The van der Waals surface area contributed by atoms with E-state index in [-0.39, 0.29) is 0 Å². The summed E-state index contributed by atoms with van der Waals surface area (Å²) >= 11 is 0. The summed E-state index contributed by atoms with van der Waals surface area (Å²) in [6.07, 6.45) is 1.54. The SMILES string of the molecule is N#Cc1cc(Cn2c(=O)oc3cc(N)ccc32)ccn1. The van der Waals surface area contributed by atoms with Gasteiger partial charge in [-0.3, -0.25) is 4.57 Å². The summed E-state index contributed by atoms with van der Waals surface area (Å²) in [4.78, 5) is 15.8. The highest BCUT2D eigenvalue weighted by Crippen LogP contribution is 2.17. The summed E-state index contributed by atoms with van der Waals surface area (Å²) in [5.41, 5.74) is 8.43. The lowest BCUT2D eigenvalue weighted by Crippen LogP contribution is -2.15. The molecule has 0 unspecified atom stereocenters. The van der Waals surface area contributed by atoms with Gasteiger partial charge in [0.25, 0.3) is 0 Å². The number of hydrogen-bond donors (Lipinski definition) is 1. The first-order valence-corrected chi connectivity index (χ1v) is 5.91. The number of benzene rings is 1. The first kappa shape index (κ1) is 12.0. The van der Waals surface area contributed by atoms with Crippen LogP contribution in [0.2, 0.25) is 0 Å². The Morgan fingerprint density at radius 2 is 2.20 bits per heavy atom. The zero-order valence-corrected chi connectivity index (χ0v) is 10.4. The minimum Gasteiger partial charge on any atom is -0.408 e. The third kappa shape index (κ3) is 2.01. The molecule has 2 heterocycles. The van der Waals surface area contributed by atoms with Crippen LogP contribution < -0.4 is 11.5 Å². The average molecular weight is 266 g/mol. The van der Waals surface area contributed by atoms with Crippen molar-refractivity contribution >= 4 is 16.8 Å². The number of nitrogens with two attached hydrogens (primary N) is 1. The van der Waals surface area contributed by atoms with E-state index in [1.54, 1.807) is 36.5 Å². The van der Waals surface area contributed by atoms with Crippen molar-refractivity contribution in [1.29, 1.82) is 5.26 Å². The molecule has 98 valence electrons. The van der Waals surface area contributed by atoms with Gasteiger partial charge in [0.1, 0.15) is 11.8 Å². The molecule has 6 nitrogen and oxygen atoms in total. The van der Waals surface area contributed by atoms with Gasteiger partial charge in [0.05, 0.1) is 12.1 Å². The van der Waals surface area contributed by atoms with Gasteiger partial charge in [-0.2, -0.15) is 5.26 Å². The fourth-order valence-electron chi connectivity index (χ4n) is 2.05. The summed E-state index contributed by atoms with van der Waals surface area (Å²) in [5.74, 6) is -0.457. The van der Waals surface area contributed by atoms with Crippen LogP contribution in [-0.2, 0) is 6.54 Å². The number of anilines is 1. The number of pyridine rings is 1. The fraction of sp³-hybridized carbons (Fsp3) is 0.0714. The minimum atomic E-state index is -0.457. The maximum absolute atomic E-state index is 11.9. The lowest BCUT2D eigenvalue weighted by Gasteiger charge is -2.02. The molecule has 0 radical (unpaired) electrons. The van der Waals surface area contributed by atoms with Gasteiger partial charge in [0.15, 0.2) is 5.58 Å². The van der Waals surface area contributed by atoms with E-state index in [2.05, 4.69) is 4.98 Å². The molecular weight excluding hydrogens is 256 g/mol. The molecule has 0 aliphatic rings. The van der Waals surface area contributed by atoms with Crippen LogP contribution in [0.15, 0.2) is 45.7 Å². The van der Waals surface area contributed by atoms with Crippen molar-refractivity contribution in [1.82, 2.24) is 9.55 Å². The Hall–Kier alpha value is -3.07. The number of aromatic nitrogens is 2. The van der Waals surface area contributed by atoms with Crippen molar-refractivity contribution in [3.05, 3.63) is 58.3 Å². The molecule has 0 aliphatic heterocycles. The fourth-order valence-corrected chi connectivity index (χ4v) is 2.05.